The smallest absolute Gasteiger partial charge is 0.209 e. The molecule has 23 heavy (non-hydrogen) atoms. The third-order valence-electron chi connectivity index (χ3n) is 4.53. The Morgan fingerprint density at radius 3 is 2.13 bits per heavy atom. The standard InChI is InChI=1S/C17H28Cl3N2O/c1-5-22(3,6-2)13-7-12-21-16(17(18,19)20)14-8-10-15(23-4)11-9-14/h8-11,16,21H,5-7,12-13H2,1-4H3/q+1. The number of hydrogen-bond donors (Lipinski definition) is 1. The second-order valence-corrected chi connectivity index (χ2v) is 8.40. The zero-order chi connectivity index (χ0) is 17.5. The van der Waals surface area contributed by atoms with Crippen molar-refractivity contribution in [3.63, 3.8) is 0 Å². The van der Waals surface area contributed by atoms with Crippen LogP contribution in [-0.2, 0) is 0 Å². The molecule has 0 radical (unpaired) electrons. The number of halogens is 3. The third kappa shape index (κ3) is 6.67. The van der Waals surface area contributed by atoms with Crippen molar-refractivity contribution in [3.05, 3.63) is 29.8 Å². The summed E-state index contributed by atoms with van der Waals surface area (Å²) in [5, 5.41) is 3.39. The van der Waals surface area contributed by atoms with E-state index in [1.54, 1.807) is 7.11 Å². The molecule has 1 N–H and O–H groups in total. The molecule has 1 aromatic rings. The predicted molar refractivity (Wildman–Crippen MR) is 101 cm³/mol. The first kappa shape index (κ1) is 20.9. The van der Waals surface area contributed by atoms with Gasteiger partial charge in [0.2, 0.25) is 3.79 Å². The van der Waals surface area contributed by atoms with Gasteiger partial charge in [0, 0.05) is 13.0 Å². The lowest BCUT2D eigenvalue weighted by molar-refractivity contribution is -0.906. The van der Waals surface area contributed by atoms with Crippen LogP contribution in [0.5, 0.6) is 5.75 Å². The molecule has 0 heterocycles. The number of nitrogens with zero attached hydrogens (tertiary/aromatic N) is 1. The normalized spacial score (nSPS) is 13.9. The molecule has 1 rings (SSSR count). The summed E-state index contributed by atoms with van der Waals surface area (Å²) >= 11 is 18.5. The zero-order valence-corrected chi connectivity index (χ0v) is 16.7. The molecular weight excluding hydrogens is 355 g/mol. The molecule has 3 nitrogen and oxygen atoms in total. The van der Waals surface area contributed by atoms with Gasteiger partial charge in [-0.15, -0.1) is 0 Å². The van der Waals surface area contributed by atoms with Crippen molar-refractivity contribution in [2.24, 2.45) is 0 Å². The zero-order valence-electron chi connectivity index (χ0n) is 14.4. The van der Waals surface area contributed by atoms with E-state index in [9.17, 15) is 0 Å². The van der Waals surface area contributed by atoms with Crippen LogP contribution in [0, 0.1) is 0 Å². The van der Waals surface area contributed by atoms with Gasteiger partial charge in [0.15, 0.2) is 0 Å². The fraction of sp³-hybridized carbons (Fsp3) is 0.647. The van der Waals surface area contributed by atoms with E-state index in [1.165, 1.54) is 0 Å². The highest BCUT2D eigenvalue weighted by atomic mass is 35.6. The van der Waals surface area contributed by atoms with Gasteiger partial charge < -0.3 is 14.5 Å². The SMILES string of the molecule is CC[N+](C)(CC)CCCNC(c1ccc(OC)cc1)C(Cl)(Cl)Cl. The molecule has 0 fully saturated rings. The number of hydrogen-bond acceptors (Lipinski definition) is 2. The van der Waals surface area contributed by atoms with Crippen LogP contribution in [0.4, 0.5) is 0 Å². The molecule has 0 aliphatic carbocycles. The van der Waals surface area contributed by atoms with Gasteiger partial charge in [-0.3, -0.25) is 0 Å². The summed E-state index contributed by atoms with van der Waals surface area (Å²) in [6.07, 6.45) is 1.03. The van der Waals surface area contributed by atoms with E-state index in [1.807, 2.05) is 24.3 Å². The maximum Gasteiger partial charge on any atom is 0.209 e. The summed E-state index contributed by atoms with van der Waals surface area (Å²) in [7, 11) is 3.91. The largest absolute Gasteiger partial charge is 0.497 e. The van der Waals surface area contributed by atoms with Crippen LogP contribution < -0.4 is 10.1 Å². The molecule has 0 saturated heterocycles. The van der Waals surface area contributed by atoms with Crippen LogP contribution in [0.15, 0.2) is 24.3 Å². The fourth-order valence-corrected chi connectivity index (χ4v) is 3.08. The van der Waals surface area contributed by atoms with Crippen LogP contribution in [0.25, 0.3) is 0 Å². The Bertz CT molecular complexity index is 456. The Hall–Kier alpha value is -0.190. The molecule has 132 valence electrons. The maximum absolute atomic E-state index is 6.16. The van der Waals surface area contributed by atoms with Crippen molar-refractivity contribution in [1.82, 2.24) is 5.32 Å². The van der Waals surface area contributed by atoms with Crippen molar-refractivity contribution < 1.29 is 9.22 Å². The van der Waals surface area contributed by atoms with E-state index in [0.717, 1.165) is 48.4 Å². The predicted octanol–water partition coefficient (Wildman–Crippen LogP) is 4.57. The highest BCUT2D eigenvalue weighted by Crippen LogP contribution is 2.40. The van der Waals surface area contributed by atoms with Crippen molar-refractivity contribution in [1.29, 1.82) is 0 Å². The molecule has 0 aliphatic rings. The summed E-state index contributed by atoms with van der Waals surface area (Å²) in [5.41, 5.74) is 0.939. The number of benzene rings is 1. The molecular formula is C17H28Cl3N2O+. The minimum atomic E-state index is -1.40. The Balaban J connectivity index is 2.66. The quantitative estimate of drug-likeness (QED) is 0.384. The van der Waals surface area contributed by atoms with E-state index < -0.39 is 3.79 Å². The number of alkyl halides is 3. The number of nitrogens with one attached hydrogen (secondary N) is 1. The van der Waals surface area contributed by atoms with Crippen LogP contribution >= 0.6 is 34.8 Å². The molecule has 1 atom stereocenters. The number of rotatable bonds is 9. The van der Waals surface area contributed by atoms with Crippen LogP contribution in [0.3, 0.4) is 0 Å². The van der Waals surface area contributed by atoms with Crippen LogP contribution in [-0.4, -0.2) is 48.6 Å². The van der Waals surface area contributed by atoms with E-state index in [4.69, 9.17) is 39.5 Å². The van der Waals surface area contributed by atoms with E-state index in [2.05, 4.69) is 26.2 Å². The van der Waals surface area contributed by atoms with Crippen molar-refractivity contribution in [3.8, 4) is 5.75 Å². The Kier molecular flexibility index (Phi) is 8.46. The van der Waals surface area contributed by atoms with Gasteiger partial charge >= 0.3 is 0 Å². The molecule has 0 aromatic heterocycles. The second-order valence-electron chi connectivity index (χ2n) is 6.03. The molecule has 6 heteroatoms. The molecule has 0 amide bonds. The summed E-state index contributed by atoms with van der Waals surface area (Å²) in [6.45, 7) is 8.61. The lowest BCUT2D eigenvalue weighted by Crippen LogP contribution is -2.45. The summed E-state index contributed by atoms with van der Waals surface area (Å²) in [6, 6.07) is 7.26. The third-order valence-corrected chi connectivity index (χ3v) is 5.18. The van der Waals surface area contributed by atoms with Crippen LogP contribution in [0.2, 0.25) is 0 Å². The first-order valence-corrected chi connectivity index (χ1v) is 9.16. The first-order valence-electron chi connectivity index (χ1n) is 8.03. The topological polar surface area (TPSA) is 21.3 Å². The highest BCUT2D eigenvalue weighted by molar-refractivity contribution is 6.68. The van der Waals surface area contributed by atoms with Gasteiger partial charge in [0.25, 0.3) is 0 Å². The lowest BCUT2D eigenvalue weighted by atomic mass is 10.1. The Morgan fingerprint density at radius 2 is 1.70 bits per heavy atom. The highest BCUT2D eigenvalue weighted by Gasteiger charge is 2.33. The van der Waals surface area contributed by atoms with Crippen molar-refractivity contribution in [2.75, 3.05) is 40.3 Å². The minimum absolute atomic E-state index is 0.347. The van der Waals surface area contributed by atoms with E-state index in [-0.39, 0.29) is 6.04 Å². The molecule has 0 saturated carbocycles. The average molecular weight is 383 g/mol. The van der Waals surface area contributed by atoms with Gasteiger partial charge in [0.05, 0.1) is 39.8 Å². The van der Waals surface area contributed by atoms with E-state index >= 15 is 0 Å². The summed E-state index contributed by atoms with van der Waals surface area (Å²) < 4.78 is 4.83. The minimum Gasteiger partial charge on any atom is -0.497 e. The van der Waals surface area contributed by atoms with Gasteiger partial charge in [0.1, 0.15) is 5.75 Å². The molecule has 1 aromatic carbocycles. The lowest BCUT2D eigenvalue weighted by Gasteiger charge is -2.33. The van der Waals surface area contributed by atoms with Gasteiger partial charge in [-0.2, -0.15) is 0 Å². The summed E-state index contributed by atoms with van der Waals surface area (Å²) in [5.74, 6) is 0.788. The van der Waals surface area contributed by atoms with Crippen molar-refractivity contribution >= 4 is 34.8 Å². The summed E-state index contributed by atoms with van der Waals surface area (Å²) in [4.78, 5) is 0. The monoisotopic (exact) mass is 381 g/mol. The Morgan fingerprint density at radius 1 is 1.13 bits per heavy atom. The van der Waals surface area contributed by atoms with Crippen molar-refractivity contribution in [2.45, 2.75) is 30.1 Å². The average Bonchev–Trinajstić information content (AvgIpc) is 2.53. The number of quaternary nitrogens is 1. The molecule has 0 aliphatic heterocycles. The van der Waals surface area contributed by atoms with Gasteiger partial charge in [-0.05, 0) is 31.5 Å². The molecule has 0 bridgehead atoms. The molecule has 0 spiro atoms. The van der Waals surface area contributed by atoms with Gasteiger partial charge in [-0.25, -0.2) is 0 Å². The van der Waals surface area contributed by atoms with Crippen LogP contribution in [0.1, 0.15) is 31.9 Å². The van der Waals surface area contributed by atoms with E-state index in [0.29, 0.717) is 0 Å². The fourth-order valence-electron chi connectivity index (χ4n) is 2.47. The Labute approximate surface area is 155 Å². The first-order chi connectivity index (χ1) is 10.8. The number of ether oxygens (including phenoxy) is 1. The second kappa shape index (κ2) is 9.33. The number of methoxy groups -OCH3 is 1. The van der Waals surface area contributed by atoms with Gasteiger partial charge in [-0.1, -0.05) is 46.9 Å². The maximum atomic E-state index is 6.16. The molecule has 1 unspecified atom stereocenters.